The molecular weight excluding hydrogens is 142 g/mol. The van der Waals surface area contributed by atoms with Gasteiger partial charge in [0, 0.05) is 6.54 Å². The van der Waals surface area contributed by atoms with E-state index in [-0.39, 0.29) is 12.4 Å². The molecule has 0 saturated carbocycles. The maximum absolute atomic E-state index is 5.30. The molecule has 0 aliphatic carbocycles. The molecule has 0 atom stereocenters. The van der Waals surface area contributed by atoms with Crippen LogP contribution in [0.4, 0.5) is 0 Å². The lowest BCUT2D eigenvalue weighted by molar-refractivity contribution is -0.00000146. The Kier molecular flexibility index (Phi) is 3.87. The summed E-state index contributed by atoms with van der Waals surface area (Å²) in [6.45, 7) is 0.670. The Labute approximate surface area is 58.9 Å². The van der Waals surface area contributed by atoms with Crippen molar-refractivity contribution >= 4 is 11.3 Å². The smallest absolute Gasteiger partial charge is 0.0186 e. The molecule has 1 heterocycles. The van der Waals surface area contributed by atoms with Gasteiger partial charge in [-0.2, -0.15) is 11.3 Å². The number of hydrogen-bond donors (Lipinski definition) is 1. The second kappa shape index (κ2) is 3.89. The molecule has 0 spiro atoms. The first-order valence-corrected chi connectivity index (χ1v) is 3.09. The highest BCUT2D eigenvalue weighted by Crippen LogP contribution is 2.02. The Morgan fingerprint density at radius 1 is 1.62 bits per heavy atom. The van der Waals surface area contributed by atoms with E-state index < -0.39 is 0 Å². The molecular formula is C5H7ClNS-. The van der Waals surface area contributed by atoms with Crippen LogP contribution in [0.15, 0.2) is 16.8 Å². The van der Waals surface area contributed by atoms with Crippen LogP contribution in [0.25, 0.3) is 0 Å². The topological polar surface area (TPSA) is 26.0 Å². The molecule has 2 N–H and O–H groups in total. The largest absolute Gasteiger partial charge is 1.00 e. The minimum Gasteiger partial charge on any atom is -1.00 e. The summed E-state index contributed by atoms with van der Waals surface area (Å²) in [6.07, 6.45) is 0. The average Bonchev–Trinajstić information content (AvgIpc) is 2.14. The van der Waals surface area contributed by atoms with Crippen molar-refractivity contribution in [3.05, 3.63) is 22.4 Å². The molecule has 1 rings (SSSR count). The van der Waals surface area contributed by atoms with E-state index in [1.54, 1.807) is 11.3 Å². The zero-order valence-corrected chi connectivity index (χ0v) is 5.88. The Balaban J connectivity index is 0.000000490. The second-order valence-electron chi connectivity index (χ2n) is 1.34. The van der Waals surface area contributed by atoms with Gasteiger partial charge in [0.05, 0.1) is 0 Å². The molecule has 1 aromatic rings. The predicted molar refractivity (Wildman–Crippen MR) is 32.2 cm³/mol. The van der Waals surface area contributed by atoms with E-state index in [1.165, 1.54) is 5.56 Å². The van der Waals surface area contributed by atoms with E-state index >= 15 is 0 Å². The highest BCUT2D eigenvalue weighted by Gasteiger charge is 1.82. The van der Waals surface area contributed by atoms with Gasteiger partial charge in [-0.25, -0.2) is 0 Å². The maximum Gasteiger partial charge on any atom is 0.0186 e. The highest BCUT2D eigenvalue weighted by atomic mass is 35.5. The quantitative estimate of drug-likeness (QED) is 0.501. The van der Waals surface area contributed by atoms with Gasteiger partial charge in [0.25, 0.3) is 0 Å². The predicted octanol–water partition coefficient (Wildman–Crippen LogP) is -1.79. The Morgan fingerprint density at radius 2 is 2.38 bits per heavy atom. The van der Waals surface area contributed by atoms with E-state index in [0.29, 0.717) is 6.54 Å². The summed E-state index contributed by atoms with van der Waals surface area (Å²) >= 11 is 1.68. The molecule has 1 nitrogen and oxygen atoms in total. The highest BCUT2D eigenvalue weighted by molar-refractivity contribution is 7.07. The van der Waals surface area contributed by atoms with Gasteiger partial charge in [0.1, 0.15) is 0 Å². The summed E-state index contributed by atoms with van der Waals surface area (Å²) in [6, 6.07) is 2.03. The van der Waals surface area contributed by atoms with Crippen LogP contribution in [0.5, 0.6) is 0 Å². The van der Waals surface area contributed by atoms with E-state index in [4.69, 9.17) is 5.73 Å². The molecule has 8 heavy (non-hydrogen) atoms. The molecule has 0 amide bonds. The fourth-order valence-corrected chi connectivity index (χ4v) is 1.09. The molecule has 0 unspecified atom stereocenters. The molecule has 46 valence electrons. The van der Waals surface area contributed by atoms with Crippen molar-refractivity contribution in [3.63, 3.8) is 0 Å². The first-order valence-electron chi connectivity index (χ1n) is 2.14. The number of thiophene rings is 1. The minimum absolute atomic E-state index is 0. The third kappa shape index (κ3) is 1.82. The van der Waals surface area contributed by atoms with Gasteiger partial charge in [0.2, 0.25) is 0 Å². The van der Waals surface area contributed by atoms with Crippen molar-refractivity contribution in [2.45, 2.75) is 6.54 Å². The third-order valence-corrected chi connectivity index (χ3v) is 1.55. The molecule has 0 aromatic carbocycles. The number of rotatable bonds is 1. The summed E-state index contributed by atoms with van der Waals surface area (Å²) in [5.41, 5.74) is 6.53. The van der Waals surface area contributed by atoms with Crippen LogP contribution in [0.2, 0.25) is 0 Å². The summed E-state index contributed by atoms with van der Waals surface area (Å²) in [7, 11) is 0. The fraction of sp³-hybridized carbons (Fsp3) is 0.200. The molecule has 1 aromatic heterocycles. The van der Waals surface area contributed by atoms with Gasteiger partial charge >= 0.3 is 0 Å². The summed E-state index contributed by atoms with van der Waals surface area (Å²) in [5, 5.41) is 4.09. The zero-order valence-electron chi connectivity index (χ0n) is 4.30. The zero-order chi connectivity index (χ0) is 5.11. The SMILES string of the molecule is NCc1ccsc1.[Cl-]. The van der Waals surface area contributed by atoms with Gasteiger partial charge in [-0.15, -0.1) is 0 Å². The standard InChI is InChI=1S/C5H7NS.ClH/c6-3-5-1-2-7-4-5;/h1-2,4H,3,6H2;1H/p-1. The van der Waals surface area contributed by atoms with E-state index in [1.807, 2.05) is 11.4 Å². The maximum atomic E-state index is 5.30. The first-order chi connectivity index (χ1) is 3.43. The van der Waals surface area contributed by atoms with Crippen molar-refractivity contribution < 1.29 is 12.4 Å². The molecule has 0 aliphatic rings. The van der Waals surface area contributed by atoms with Gasteiger partial charge < -0.3 is 18.1 Å². The summed E-state index contributed by atoms with van der Waals surface area (Å²) in [4.78, 5) is 0. The minimum atomic E-state index is 0. The van der Waals surface area contributed by atoms with Crippen molar-refractivity contribution in [1.29, 1.82) is 0 Å². The lowest BCUT2D eigenvalue weighted by Gasteiger charge is -1.79. The van der Waals surface area contributed by atoms with Gasteiger partial charge in [-0.1, -0.05) is 0 Å². The van der Waals surface area contributed by atoms with Crippen LogP contribution in [-0.2, 0) is 6.54 Å². The lowest BCUT2D eigenvalue weighted by atomic mass is 10.4. The van der Waals surface area contributed by atoms with Gasteiger partial charge in [-0.3, -0.25) is 0 Å². The number of hydrogen-bond acceptors (Lipinski definition) is 2. The van der Waals surface area contributed by atoms with Crippen LogP contribution in [0.3, 0.4) is 0 Å². The van der Waals surface area contributed by atoms with Crippen LogP contribution < -0.4 is 18.1 Å². The first kappa shape index (κ1) is 7.95. The molecule has 0 saturated heterocycles. The van der Waals surface area contributed by atoms with Crippen LogP contribution >= 0.6 is 11.3 Å². The van der Waals surface area contributed by atoms with Crippen LogP contribution in [0, 0.1) is 0 Å². The number of halogens is 1. The van der Waals surface area contributed by atoms with E-state index in [2.05, 4.69) is 5.38 Å². The Hall–Kier alpha value is -0.0500. The van der Waals surface area contributed by atoms with Crippen molar-refractivity contribution in [2.24, 2.45) is 5.73 Å². The number of nitrogens with two attached hydrogens (primary N) is 1. The van der Waals surface area contributed by atoms with Crippen LogP contribution in [-0.4, -0.2) is 0 Å². The monoisotopic (exact) mass is 148 g/mol. The molecule has 0 radical (unpaired) electrons. The third-order valence-electron chi connectivity index (χ3n) is 0.816. The van der Waals surface area contributed by atoms with Gasteiger partial charge in [-0.05, 0) is 22.4 Å². The summed E-state index contributed by atoms with van der Waals surface area (Å²) in [5.74, 6) is 0. The van der Waals surface area contributed by atoms with E-state index in [0.717, 1.165) is 0 Å². The van der Waals surface area contributed by atoms with Crippen molar-refractivity contribution in [3.8, 4) is 0 Å². The Morgan fingerprint density at radius 3 is 2.62 bits per heavy atom. The molecule has 3 heteroatoms. The molecule has 0 fully saturated rings. The lowest BCUT2D eigenvalue weighted by Crippen LogP contribution is -3.00. The van der Waals surface area contributed by atoms with Crippen molar-refractivity contribution in [1.82, 2.24) is 0 Å². The Bertz CT molecular complexity index is 127. The molecule has 0 aliphatic heterocycles. The van der Waals surface area contributed by atoms with Crippen molar-refractivity contribution in [2.75, 3.05) is 0 Å². The average molecular weight is 149 g/mol. The normalized spacial score (nSPS) is 8.12. The molecule has 0 bridgehead atoms. The van der Waals surface area contributed by atoms with E-state index in [9.17, 15) is 0 Å². The fourth-order valence-electron chi connectivity index (χ4n) is 0.409. The second-order valence-corrected chi connectivity index (χ2v) is 2.12. The van der Waals surface area contributed by atoms with Gasteiger partial charge in [0.15, 0.2) is 0 Å². The summed E-state index contributed by atoms with van der Waals surface area (Å²) < 4.78 is 0. The van der Waals surface area contributed by atoms with Crippen LogP contribution in [0.1, 0.15) is 5.56 Å².